The number of hydrogen-bond acceptors (Lipinski definition) is 3. The molecule has 2 unspecified atom stereocenters. The van der Waals surface area contributed by atoms with Crippen LogP contribution in [0, 0.1) is 6.92 Å². The summed E-state index contributed by atoms with van der Waals surface area (Å²) in [6, 6.07) is 4.60. The molecule has 1 aromatic heterocycles. The van der Waals surface area contributed by atoms with Crippen molar-refractivity contribution >= 4 is 21.7 Å². The van der Waals surface area contributed by atoms with Crippen LogP contribution in [0.15, 0.2) is 16.6 Å². The molecule has 2 heterocycles. The van der Waals surface area contributed by atoms with Crippen LogP contribution in [0.25, 0.3) is 0 Å². The van der Waals surface area contributed by atoms with E-state index < -0.39 is 0 Å². The van der Waals surface area contributed by atoms with E-state index in [0.29, 0.717) is 6.04 Å². The summed E-state index contributed by atoms with van der Waals surface area (Å²) >= 11 is 3.49. The fraction of sp³-hybridized carbons (Fsp3) is 0.615. The fourth-order valence-corrected chi connectivity index (χ4v) is 2.37. The molecule has 1 aromatic rings. The molecule has 4 heteroatoms. The minimum Gasteiger partial charge on any atom is -0.375 e. The van der Waals surface area contributed by atoms with Crippen LogP contribution in [0.4, 0.5) is 5.82 Å². The monoisotopic (exact) mass is 298 g/mol. The molecule has 2 rings (SSSR count). The van der Waals surface area contributed by atoms with E-state index in [0.717, 1.165) is 35.6 Å². The maximum Gasteiger partial charge on any atom is 0.129 e. The van der Waals surface area contributed by atoms with Gasteiger partial charge in [0.1, 0.15) is 5.82 Å². The second kappa shape index (κ2) is 5.36. The van der Waals surface area contributed by atoms with Crippen LogP contribution in [0.3, 0.4) is 0 Å². The summed E-state index contributed by atoms with van der Waals surface area (Å²) in [5, 5.41) is 0. The lowest BCUT2D eigenvalue weighted by molar-refractivity contribution is 0.0296. The van der Waals surface area contributed by atoms with Gasteiger partial charge in [0.15, 0.2) is 0 Å². The summed E-state index contributed by atoms with van der Waals surface area (Å²) in [4.78, 5) is 7.02. The van der Waals surface area contributed by atoms with Crippen molar-refractivity contribution < 1.29 is 4.74 Å². The molecular weight excluding hydrogens is 280 g/mol. The molecule has 0 aliphatic carbocycles. The highest BCUT2D eigenvalue weighted by Crippen LogP contribution is 2.24. The average Bonchev–Trinajstić information content (AvgIpc) is 2.32. The Labute approximate surface area is 111 Å². The van der Waals surface area contributed by atoms with Gasteiger partial charge in [-0.25, -0.2) is 4.98 Å². The number of ether oxygens (including phenoxy) is 1. The summed E-state index contributed by atoms with van der Waals surface area (Å²) in [5.41, 5.74) is 1.04. The van der Waals surface area contributed by atoms with Gasteiger partial charge in [-0.15, -0.1) is 0 Å². The first kappa shape index (κ1) is 12.8. The van der Waals surface area contributed by atoms with Crippen LogP contribution in [0.2, 0.25) is 0 Å². The Morgan fingerprint density at radius 3 is 2.94 bits per heavy atom. The van der Waals surface area contributed by atoms with Crippen molar-refractivity contribution in [2.45, 2.75) is 39.3 Å². The molecule has 0 amide bonds. The molecule has 0 N–H and O–H groups in total. The molecule has 0 spiro atoms. The predicted octanol–water partition coefficient (Wildman–Crippen LogP) is 3.16. The minimum atomic E-state index is 0.281. The van der Waals surface area contributed by atoms with Crippen LogP contribution in [0.5, 0.6) is 0 Å². The van der Waals surface area contributed by atoms with Gasteiger partial charge < -0.3 is 9.64 Å². The van der Waals surface area contributed by atoms with E-state index in [2.05, 4.69) is 51.8 Å². The lowest BCUT2D eigenvalue weighted by atomic mass is 10.1. The largest absolute Gasteiger partial charge is 0.375 e. The van der Waals surface area contributed by atoms with Crippen LogP contribution >= 0.6 is 15.9 Å². The number of anilines is 1. The second-order valence-electron chi connectivity index (χ2n) is 4.60. The maximum absolute atomic E-state index is 5.71. The topological polar surface area (TPSA) is 25.4 Å². The van der Waals surface area contributed by atoms with Gasteiger partial charge in [0, 0.05) is 11.0 Å². The Morgan fingerprint density at radius 1 is 1.53 bits per heavy atom. The van der Waals surface area contributed by atoms with Gasteiger partial charge in [-0.05, 0) is 48.3 Å². The zero-order chi connectivity index (χ0) is 12.4. The van der Waals surface area contributed by atoms with Crippen LogP contribution < -0.4 is 4.90 Å². The van der Waals surface area contributed by atoms with Gasteiger partial charge in [-0.2, -0.15) is 0 Å². The Balaban J connectivity index is 2.25. The quantitative estimate of drug-likeness (QED) is 0.839. The van der Waals surface area contributed by atoms with Crippen LogP contribution in [-0.2, 0) is 4.74 Å². The Kier molecular flexibility index (Phi) is 4.05. The highest BCUT2D eigenvalue weighted by molar-refractivity contribution is 9.10. The third-order valence-corrected chi connectivity index (χ3v) is 4.08. The first-order chi connectivity index (χ1) is 8.11. The maximum atomic E-state index is 5.71. The van der Waals surface area contributed by atoms with Gasteiger partial charge in [-0.1, -0.05) is 6.92 Å². The molecule has 0 bridgehead atoms. The minimum absolute atomic E-state index is 0.281. The number of nitrogens with zero attached hydrogens (tertiary/aromatic N) is 2. The molecule has 0 saturated carbocycles. The van der Waals surface area contributed by atoms with Gasteiger partial charge in [0.25, 0.3) is 0 Å². The number of morpholine rings is 1. The summed E-state index contributed by atoms with van der Waals surface area (Å²) in [5.74, 6) is 1.06. The SMILES string of the molecule is CCC1COC(C)CN1c1ccc(Br)c(C)n1. The Morgan fingerprint density at radius 2 is 2.29 bits per heavy atom. The molecule has 1 aliphatic rings. The molecule has 0 radical (unpaired) electrons. The molecule has 0 aromatic carbocycles. The van der Waals surface area contributed by atoms with Crippen molar-refractivity contribution in [1.29, 1.82) is 0 Å². The Bertz CT molecular complexity index is 397. The van der Waals surface area contributed by atoms with E-state index in [9.17, 15) is 0 Å². The lowest BCUT2D eigenvalue weighted by Crippen LogP contribution is -2.49. The third kappa shape index (κ3) is 2.80. The van der Waals surface area contributed by atoms with Crippen molar-refractivity contribution in [2.24, 2.45) is 0 Å². The number of aromatic nitrogens is 1. The van der Waals surface area contributed by atoms with E-state index in [1.165, 1.54) is 0 Å². The summed E-state index contributed by atoms with van der Waals surface area (Å²) in [7, 11) is 0. The summed E-state index contributed by atoms with van der Waals surface area (Å²) in [6.45, 7) is 8.06. The van der Waals surface area contributed by atoms with Gasteiger partial charge in [0.2, 0.25) is 0 Å². The summed E-state index contributed by atoms with van der Waals surface area (Å²) < 4.78 is 6.77. The smallest absolute Gasteiger partial charge is 0.129 e. The molecular formula is C13H19BrN2O. The number of halogens is 1. The van der Waals surface area contributed by atoms with Crippen molar-refractivity contribution in [3.8, 4) is 0 Å². The first-order valence-corrected chi connectivity index (χ1v) is 6.92. The van der Waals surface area contributed by atoms with Crippen molar-refractivity contribution in [3.05, 3.63) is 22.3 Å². The zero-order valence-corrected chi connectivity index (χ0v) is 12.2. The molecule has 2 atom stereocenters. The van der Waals surface area contributed by atoms with Crippen LogP contribution in [0.1, 0.15) is 26.0 Å². The number of hydrogen-bond donors (Lipinski definition) is 0. The molecule has 1 saturated heterocycles. The van der Waals surface area contributed by atoms with Crippen molar-refractivity contribution in [3.63, 3.8) is 0 Å². The van der Waals surface area contributed by atoms with E-state index in [4.69, 9.17) is 4.74 Å². The number of aryl methyl sites for hydroxylation is 1. The van der Waals surface area contributed by atoms with Crippen molar-refractivity contribution in [1.82, 2.24) is 4.98 Å². The van der Waals surface area contributed by atoms with Gasteiger partial charge in [-0.3, -0.25) is 0 Å². The van der Waals surface area contributed by atoms with Gasteiger partial charge in [0.05, 0.1) is 24.4 Å². The normalized spacial score (nSPS) is 25.1. The number of pyridine rings is 1. The first-order valence-electron chi connectivity index (χ1n) is 6.13. The highest BCUT2D eigenvalue weighted by atomic mass is 79.9. The van der Waals surface area contributed by atoms with E-state index in [-0.39, 0.29) is 6.10 Å². The predicted molar refractivity (Wildman–Crippen MR) is 73.5 cm³/mol. The van der Waals surface area contributed by atoms with E-state index in [1.54, 1.807) is 0 Å². The van der Waals surface area contributed by atoms with Crippen LogP contribution in [-0.4, -0.2) is 30.3 Å². The van der Waals surface area contributed by atoms with E-state index >= 15 is 0 Å². The molecule has 3 nitrogen and oxygen atoms in total. The van der Waals surface area contributed by atoms with E-state index in [1.807, 2.05) is 6.92 Å². The molecule has 94 valence electrons. The number of rotatable bonds is 2. The third-order valence-electron chi connectivity index (χ3n) is 3.24. The molecule has 1 fully saturated rings. The fourth-order valence-electron chi connectivity index (χ4n) is 2.15. The standard InChI is InChI=1S/C13H19BrN2O/c1-4-11-8-17-9(2)7-16(11)13-6-5-12(14)10(3)15-13/h5-6,9,11H,4,7-8H2,1-3H3. The molecule has 1 aliphatic heterocycles. The zero-order valence-electron chi connectivity index (χ0n) is 10.6. The highest BCUT2D eigenvalue weighted by Gasteiger charge is 2.26. The van der Waals surface area contributed by atoms with Gasteiger partial charge >= 0.3 is 0 Å². The van der Waals surface area contributed by atoms with Crippen molar-refractivity contribution in [2.75, 3.05) is 18.1 Å². The lowest BCUT2D eigenvalue weighted by Gasteiger charge is -2.39. The summed E-state index contributed by atoms with van der Waals surface area (Å²) in [6.07, 6.45) is 1.37. The Hall–Kier alpha value is -0.610. The molecule has 17 heavy (non-hydrogen) atoms. The second-order valence-corrected chi connectivity index (χ2v) is 5.45. The average molecular weight is 299 g/mol.